The first-order chi connectivity index (χ1) is 14.8. The van der Waals surface area contributed by atoms with Gasteiger partial charge in [0.1, 0.15) is 6.10 Å². The molecule has 4 atom stereocenters. The number of nitrogens with zero attached hydrogens (tertiary/aromatic N) is 1. The fraction of sp³-hybridized carbons (Fsp3) is 0.423. The highest BCUT2D eigenvalue weighted by atomic mass is 32.2. The van der Waals surface area contributed by atoms with Gasteiger partial charge in [-0.2, -0.15) is 0 Å². The minimum Gasteiger partial charge on any atom is -0.390 e. The van der Waals surface area contributed by atoms with Crippen molar-refractivity contribution in [2.45, 2.75) is 69.5 Å². The number of pyridine rings is 1. The first-order valence-electron chi connectivity index (χ1n) is 11.0. The molecule has 4 nitrogen and oxygen atoms in total. The summed E-state index contributed by atoms with van der Waals surface area (Å²) in [6.07, 6.45) is 1.86. The van der Waals surface area contributed by atoms with E-state index < -0.39 is 17.1 Å². The number of benzene rings is 2. The molecule has 0 saturated carbocycles. The Bertz CT molecular complexity index is 1070. The van der Waals surface area contributed by atoms with Crippen LogP contribution in [0.5, 0.6) is 0 Å². The van der Waals surface area contributed by atoms with Crippen molar-refractivity contribution in [1.29, 1.82) is 0 Å². The van der Waals surface area contributed by atoms with Crippen molar-refractivity contribution in [3.63, 3.8) is 0 Å². The van der Waals surface area contributed by atoms with E-state index in [4.69, 9.17) is 4.74 Å². The summed E-state index contributed by atoms with van der Waals surface area (Å²) in [5.74, 6) is 0. The van der Waals surface area contributed by atoms with Crippen LogP contribution in [0, 0.1) is 13.8 Å². The van der Waals surface area contributed by atoms with Crippen molar-refractivity contribution in [2.24, 2.45) is 0 Å². The highest BCUT2D eigenvalue weighted by molar-refractivity contribution is 8.00. The van der Waals surface area contributed by atoms with Crippen molar-refractivity contribution in [1.82, 2.24) is 4.98 Å². The summed E-state index contributed by atoms with van der Waals surface area (Å²) >= 11 is 1.61. The normalized spacial score (nSPS) is 27.1. The molecule has 0 bridgehead atoms. The summed E-state index contributed by atoms with van der Waals surface area (Å²) in [5.41, 5.74) is 5.80. The maximum absolute atomic E-state index is 10.6. The van der Waals surface area contributed by atoms with Gasteiger partial charge in [0, 0.05) is 28.1 Å². The molecule has 1 spiro atoms. The number of hydrogen-bond donors (Lipinski definition) is 2. The summed E-state index contributed by atoms with van der Waals surface area (Å²) in [5, 5.41) is 23.3. The first kappa shape index (κ1) is 22.3. The fourth-order valence-electron chi connectivity index (χ4n) is 4.43. The van der Waals surface area contributed by atoms with Crippen LogP contribution in [0.3, 0.4) is 0 Å². The maximum Gasteiger partial charge on any atom is 0.168 e. The van der Waals surface area contributed by atoms with E-state index in [2.05, 4.69) is 62.2 Å². The van der Waals surface area contributed by atoms with Crippen molar-refractivity contribution < 1.29 is 14.9 Å². The van der Waals surface area contributed by atoms with Gasteiger partial charge in [0.2, 0.25) is 0 Å². The third-order valence-corrected chi connectivity index (χ3v) is 7.76. The Morgan fingerprint density at radius 1 is 1.13 bits per heavy atom. The Hall–Kier alpha value is -1.92. The second-order valence-corrected chi connectivity index (χ2v) is 10.2. The van der Waals surface area contributed by atoms with Crippen LogP contribution in [0.4, 0.5) is 0 Å². The van der Waals surface area contributed by atoms with E-state index in [-0.39, 0.29) is 5.25 Å². The molecule has 1 fully saturated rings. The van der Waals surface area contributed by atoms with E-state index in [1.165, 1.54) is 11.1 Å². The van der Waals surface area contributed by atoms with Crippen LogP contribution in [-0.4, -0.2) is 32.7 Å². The average Bonchev–Trinajstić information content (AvgIpc) is 3.10. The van der Waals surface area contributed by atoms with Crippen LogP contribution in [-0.2, 0) is 22.7 Å². The Morgan fingerprint density at radius 2 is 1.87 bits per heavy atom. The van der Waals surface area contributed by atoms with Gasteiger partial charge in [-0.3, -0.25) is 4.98 Å². The molecule has 31 heavy (non-hydrogen) atoms. The predicted molar refractivity (Wildman–Crippen MR) is 127 cm³/mol. The summed E-state index contributed by atoms with van der Waals surface area (Å²) < 4.78 is 6.05. The van der Waals surface area contributed by atoms with Gasteiger partial charge in [-0.25, -0.2) is 0 Å². The minimum atomic E-state index is -0.913. The van der Waals surface area contributed by atoms with Gasteiger partial charge in [0.15, 0.2) is 4.93 Å². The molecule has 2 aliphatic heterocycles. The zero-order valence-electron chi connectivity index (χ0n) is 18.6. The molecule has 0 radical (unpaired) electrons. The molecule has 0 aliphatic carbocycles. The van der Waals surface area contributed by atoms with Crippen molar-refractivity contribution in [3.8, 4) is 0 Å². The average molecular weight is 438 g/mol. The molecular weight excluding hydrogens is 406 g/mol. The molecular formula is C26H31NO3S. The van der Waals surface area contributed by atoms with E-state index in [9.17, 15) is 10.2 Å². The monoisotopic (exact) mass is 437 g/mol. The molecule has 2 aliphatic rings. The molecule has 2 N–H and O–H groups in total. The standard InChI is InChI=1S/C17H19NO3S.C9H12/c1-9-5-15(19)16(20)17(22-9)14-7-13-10(2)18-4-3-11(13)6-12(14)8-21-17;1-3-9-6-4-8(2)5-7-9/h3-4,6-7,9,15-16,19-20H,5,8H2,1-2H3;4-7H,3H2,1-2H3/t9?,15?,16-,17+;/m1./s1. The van der Waals surface area contributed by atoms with Gasteiger partial charge < -0.3 is 14.9 Å². The van der Waals surface area contributed by atoms with Crippen LogP contribution in [0.15, 0.2) is 48.7 Å². The third-order valence-electron chi connectivity index (χ3n) is 6.24. The molecule has 164 valence electrons. The molecule has 5 rings (SSSR count). The Kier molecular flexibility index (Phi) is 6.40. The Balaban J connectivity index is 0.000000217. The summed E-state index contributed by atoms with van der Waals surface area (Å²) in [7, 11) is 0. The smallest absolute Gasteiger partial charge is 0.168 e. The Morgan fingerprint density at radius 3 is 2.58 bits per heavy atom. The number of ether oxygens (including phenoxy) is 1. The Labute approximate surface area is 188 Å². The summed E-state index contributed by atoms with van der Waals surface area (Å²) in [4.78, 5) is 3.50. The molecule has 5 heteroatoms. The molecule has 1 saturated heterocycles. The minimum absolute atomic E-state index is 0.232. The van der Waals surface area contributed by atoms with Crippen LogP contribution >= 0.6 is 11.8 Å². The number of rotatable bonds is 1. The van der Waals surface area contributed by atoms with Crippen LogP contribution in [0.2, 0.25) is 0 Å². The number of hydrogen-bond acceptors (Lipinski definition) is 5. The number of fused-ring (bicyclic) bond motifs is 3. The number of aliphatic hydroxyl groups is 2. The molecule has 1 aromatic heterocycles. The quantitative estimate of drug-likeness (QED) is 0.559. The number of aryl methyl sites for hydroxylation is 3. The molecule has 2 unspecified atom stereocenters. The molecule has 3 aromatic rings. The van der Waals surface area contributed by atoms with E-state index >= 15 is 0 Å². The van der Waals surface area contributed by atoms with Gasteiger partial charge >= 0.3 is 0 Å². The van der Waals surface area contributed by atoms with Gasteiger partial charge in [0.25, 0.3) is 0 Å². The molecule has 0 amide bonds. The number of aromatic nitrogens is 1. The SMILES string of the molecule is CCc1ccc(C)cc1.Cc1nccc2cc3c(cc12)[C@]1(OC3)SC(C)CC(O)[C@H]1O. The van der Waals surface area contributed by atoms with E-state index in [1.54, 1.807) is 11.8 Å². The van der Waals surface area contributed by atoms with Crippen molar-refractivity contribution >= 4 is 22.5 Å². The van der Waals surface area contributed by atoms with E-state index in [0.717, 1.165) is 34.0 Å². The van der Waals surface area contributed by atoms with Gasteiger partial charge in [-0.05, 0) is 61.4 Å². The lowest BCUT2D eigenvalue weighted by Crippen LogP contribution is -2.49. The van der Waals surface area contributed by atoms with E-state index in [0.29, 0.717) is 13.0 Å². The van der Waals surface area contributed by atoms with Crippen LogP contribution in [0.25, 0.3) is 10.8 Å². The molecule has 3 heterocycles. The highest BCUT2D eigenvalue weighted by Crippen LogP contribution is 2.54. The van der Waals surface area contributed by atoms with Crippen LogP contribution in [0.1, 0.15) is 48.2 Å². The summed E-state index contributed by atoms with van der Waals surface area (Å²) in [6, 6.07) is 14.9. The zero-order chi connectivity index (χ0) is 22.2. The van der Waals surface area contributed by atoms with Gasteiger partial charge in [0.05, 0.1) is 12.7 Å². The number of aliphatic hydroxyl groups excluding tert-OH is 2. The lowest BCUT2D eigenvalue weighted by Gasteiger charge is -2.43. The number of thioether (sulfide) groups is 1. The second-order valence-electron chi connectivity index (χ2n) is 8.60. The van der Waals surface area contributed by atoms with E-state index in [1.807, 2.05) is 19.2 Å². The third kappa shape index (κ3) is 4.24. The lowest BCUT2D eigenvalue weighted by atomic mass is 9.92. The fourth-order valence-corrected chi connectivity index (χ4v) is 6.06. The van der Waals surface area contributed by atoms with Crippen molar-refractivity contribution in [2.75, 3.05) is 0 Å². The lowest BCUT2D eigenvalue weighted by molar-refractivity contribution is -0.114. The maximum atomic E-state index is 10.6. The largest absolute Gasteiger partial charge is 0.390 e. The predicted octanol–water partition coefficient (Wildman–Crippen LogP) is 5.03. The topological polar surface area (TPSA) is 62.6 Å². The zero-order valence-corrected chi connectivity index (χ0v) is 19.4. The summed E-state index contributed by atoms with van der Waals surface area (Å²) in [6.45, 7) is 8.80. The van der Waals surface area contributed by atoms with Gasteiger partial charge in [-0.15, -0.1) is 11.8 Å². The molecule has 2 aromatic carbocycles. The van der Waals surface area contributed by atoms with Crippen molar-refractivity contribution in [3.05, 3.63) is 76.6 Å². The van der Waals surface area contributed by atoms with Crippen LogP contribution < -0.4 is 0 Å². The first-order valence-corrected chi connectivity index (χ1v) is 11.8. The second kappa shape index (κ2) is 8.91. The van der Waals surface area contributed by atoms with Gasteiger partial charge in [-0.1, -0.05) is 43.7 Å². The highest BCUT2D eigenvalue weighted by Gasteiger charge is 2.53.